The van der Waals surface area contributed by atoms with Gasteiger partial charge in [0, 0.05) is 30.1 Å². The van der Waals surface area contributed by atoms with Crippen LogP contribution in [0.4, 0.5) is 10.5 Å². The molecule has 5 aromatic rings. The lowest BCUT2D eigenvalue weighted by atomic mass is 10.0. The monoisotopic (exact) mass is 690 g/mol. The zero-order chi connectivity index (χ0) is 36.2. The van der Waals surface area contributed by atoms with Gasteiger partial charge in [-0.25, -0.2) is 4.79 Å². The Labute approximate surface area is 300 Å². The minimum atomic E-state index is -0.777. The predicted molar refractivity (Wildman–Crippen MR) is 205 cm³/mol. The molecule has 4 aromatic carbocycles. The summed E-state index contributed by atoms with van der Waals surface area (Å²) in [6.45, 7) is 6.78. The Balaban J connectivity index is 0.961. The number of unbranched alkanes of at least 4 members (excludes halogenated alkanes) is 1. The van der Waals surface area contributed by atoms with Gasteiger partial charge in [0.2, 0.25) is 5.56 Å². The van der Waals surface area contributed by atoms with Crippen molar-refractivity contribution in [3.63, 3.8) is 0 Å². The normalized spacial score (nSPS) is 12.3. The maximum Gasteiger partial charge on any atom is 0.412 e. The number of carbonyl (C=O) groups excluding carboxylic acids is 1. The molecule has 0 saturated carbocycles. The fourth-order valence-corrected chi connectivity index (χ4v) is 6.19. The predicted octanol–water partition coefficient (Wildman–Crippen LogP) is 7.44. The molecule has 9 nitrogen and oxygen atoms in total. The number of aromatic hydroxyl groups is 1. The lowest BCUT2D eigenvalue weighted by Crippen LogP contribution is -2.35. The molecular weight excluding hydrogens is 640 g/mol. The zero-order valence-corrected chi connectivity index (χ0v) is 29.8. The second-order valence-electron chi connectivity index (χ2n) is 13.8. The van der Waals surface area contributed by atoms with Gasteiger partial charge in [-0.15, -0.1) is 0 Å². The summed E-state index contributed by atoms with van der Waals surface area (Å²) in [7, 11) is 2.11. The van der Waals surface area contributed by atoms with Crippen LogP contribution in [0.15, 0.2) is 108 Å². The third kappa shape index (κ3) is 11.0. The molecule has 1 amide bonds. The number of aromatic nitrogens is 1. The van der Waals surface area contributed by atoms with E-state index in [0.29, 0.717) is 29.6 Å². The molecule has 9 heteroatoms. The molecule has 0 saturated heterocycles. The van der Waals surface area contributed by atoms with Crippen LogP contribution in [0.1, 0.15) is 55.9 Å². The number of pyridine rings is 1. The van der Waals surface area contributed by atoms with E-state index < -0.39 is 17.8 Å². The molecule has 1 aromatic heterocycles. The van der Waals surface area contributed by atoms with E-state index in [0.717, 1.165) is 62.0 Å². The number of nitrogens with one attached hydrogen (secondary N) is 3. The van der Waals surface area contributed by atoms with E-state index in [1.165, 1.54) is 23.3 Å². The quantitative estimate of drug-likeness (QED) is 0.0642. The van der Waals surface area contributed by atoms with Gasteiger partial charge in [0.05, 0.1) is 17.3 Å². The van der Waals surface area contributed by atoms with E-state index in [1.54, 1.807) is 12.1 Å². The number of carbonyl (C=O) groups is 1. The average Bonchev–Trinajstić information content (AvgIpc) is 3.12. The lowest BCUT2D eigenvalue weighted by Gasteiger charge is -2.28. The van der Waals surface area contributed by atoms with E-state index in [2.05, 4.69) is 51.8 Å². The molecule has 5 N–H and O–H groups in total. The number of ether oxygens (including phenoxy) is 1. The number of para-hydroxylation sites is 1. The van der Waals surface area contributed by atoms with E-state index in [9.17, 15) is 19.8 Å². The molecule has 0 fully saturated rings. The minimum absolute atomic E-state index is 0.0190. The fraction of sp³-hybridized carbons (Fsp3) is 0.333. The summed E-state index contributed by atoms with van der Waals surface area (Å²) in [5.41, 5.74) is 5.34. The highest BCUT2D eigenvalue weighted by molar-refractivity contribution is 5.91. The van der Waals surface area contributed by atoms with Crippen LogP contribution >= 0.6 is 0 Å². The van der Waals surface area contributed by atoms with Crippen molar-refractivity contribution in [3.05, 3.63) is 130 Å². The third-order valence-corrected chi connectivity index (χ3v) is 9.19. The van der Waals surface area contributed by atoms with Gasteiger partial charge >= 0.3 is 6.09 Å². The van der Waals surface area contributed by atoms with Crippen molar-refractivity contribution in [1.82, 2.24) is 15.2 Å². The van der Waals surface area contributed by atoms with Crippen LogP contribution in [0.5, 0.6) is 5.75 Å². The maximum atomic E-state index is 12.8. The minimum Gasteiger partial charge on any atom is -0.506 e. The molecule has 0 aliphatic carbocycles. The molecule has 0 aliphatic heterocycles. The van der Waals surface area contributed by atoms with Crippen LogP contribution in [0, 0.1) is 0 Å². The molecule has 51 heavy (non-hydrogen) atoms. The molecule has 5 rings (SSSR count). The molecule has 0 radical (unpaired) electrons. The van der Waals surface area contributed by atoms with Gasteiger partial charge in [-0.3, -0.25) is 10.1 Å². The van der Waals surface area contributed by atoms with Crippen LogP contribution in [-0.2, 0) is 17.6 Å². The van der Waals surface area contributed by atoms with E-state index in [-0.39, 0.29) is 11.3 Å². The highest BCUT2D eigenvalue weighted by Crippen LogP contribution is 2.29. The molecule has 0 aliphatic rings. The first-order valence-electron chi connectivity index (χ1n) is 17.7. The Morgan fingerprint density at radius 2 is 1.57 bits per heavy atom. The number of fused-ring (bicyclic) bond motifs is 1. The summed E-state index contributed by atoms with van der Waals surface area (Å²) >= 11 is 0. The second-order valence-corrected chi connectivity index (χ2v) is 13.8. The third-order valence-electron chi connectivity index (χ3n) is 9.19. The Bertz CT molecular complexity index is 1920. The van der Waals surface area contributed by atoms with Gasteiger partial charge < -0.3 is 30.2 Å². The summed E-state index contributed by atoms with van der Waals surface area (Å²) in [6.07, 6.45) is 3.52. The standard InChI is InChI=1S/C42H50N4O5/c1-42(2,51-41(50)44-36-15-8-7-14-33(36)32-12-5-4-6-13-32)25-28-46(3)27-10-9-11-30-16-18-31(19-17-30)24-26-43-29-38(48)34-20-22-37(47)40-35(34)21-23-39(49)45-40/h4-8,12-23,38,43,47-48H,9-11,24-29H2,1-3H3,(H,44,50)(H,45,49)/t38-/m1/s1. The number of benzene rings is 4. The molecule has 268 valence electrons. The van der Waals surface area contributed by atoms with Gasteiger partial charge in [-0.2, -0.15) is 0 Å². The molecule has 0 unspecified atom stereocenters. The molecule has 1 atom stereocenters. The Morgan fingerprint density at radius 1 is 0.863 bits per heavy atom. The van der Waals surface area contributed by atoms with Gasteiger partial charge in [0.25, 0.3) is 0 Å². The first-order valence-corrected chi connectivity index (χ1v) is 17.7. The number of H-pyrrole nitrogens is 1. The van der Waals surface area contributed by atoms with E-state index in [1.807, 2.05) is 68.4 Å². The Morgan fingerprint density at radius 3 is 2.33 bits per heavy atom. The molecule has 0 bridgehead atoms. The molecule has 0 spiro atoms. The largest absolute Gasteiger partial charge is 0.506 e. The van der Waals surface area contributed by atoms with Crippen LogP contribution in [0.25, 0.3) is 22.0 Å². The summed E-state index contributed by atoms with van der Waals surface area (Å²) in [4.78, 5) is 29.4. The number of amides is 1. The number of nitrogens with zero attached hydrogens (tertiary/aromatic N) is 1. The summed E-state index contributed by atoms with van der Waals surface area (Å²) in [5, 5.41) is 27.7. The Kier molecular flexibility index (Phi) is 13.0. The highest BCUT2D eigenvalue weighted by atomic mass is 16.6. The summed E-state index contributed by atoms with van der Waals surface area (Å²) in [5.74, 6) is -0.0190. The first-order chi connectivity index (χ1) is 24.6. The zero-order valence-electron chi connectivity index (χ0n) is 29.8. The SMILES string of the molecule is CN(CCCCc1ccc(CCNC[C@@H](O)c2ccc(O)c3[nH]c(=O)ccc23)cc1)CCC(C)(C)OC(=O)Nc1ccccc1-c1ccccc1. The summed E-state index contributed by atoms with van der Waals surface area (Å²) < 4.78 is 5.85. The fourth-order valence-electron chi connectivity index (χ4n) is 6.19. The average molecular weight is 691 g/mol. The number of rotatable bonds is 17. The second kappa shape index (κ2) is 17.8. The first kappa shape index (κ1) is 37.3. The number of aliphatic hydroxyl groups is 1. The number of phenolic OH excluding ortho intramolecular Hbond substituents is 1. The van der Waals surface area contributed by atoms with Crippen LogP contribution < -0.4 is 16.2 Å². The number of aromatic amines is 1. The number of aliphatic hydroxyl groups excluding tert-OH is 1. The number of phenols is 1. The van der Waals surface area contributed by atoms with Gasteiger partial charge in [-0.05, 0) is 107 Å². The van der Waals surface area contributed by atoms with Crippen molar-refractivity contribution in [2.24, 2.45) is 0 Å². The number of hydrogen-bond donors (Lipinski definition) is 5. The van der Waals surface area contributed by atoms with Crippen molar-refractivity contribution < 1.29 is 19.7 Å². The number of anilines is 1. The van der Waals surface area contributed by atoms with Crippen molar-refractivity contribution >= 4 is 22.7 Å². The Hall–Kier alpha value is -4.96. The molecule has 1 heterocycles. The maximum absolute atomic E-state index is 12.8. The molecular formula is C42H50N4O5. The van der Waals surface area contributed by atoms with Gasteiger partial charge in [-0.1, -0.05) is 78.9 Å². The van der Waals surface area contributed by atoms with Crippen molar-refractivity contribution in [3.8, 4) is 16.9 Å². The smallest absolute Gasteiger partial charge is 0.412 e. The van der Waals surface area contributed by atoms with E-state index >= 15 is 0 Å². The van der Waals surface area contributed by atoms with Crippen LogP contribution in [-0.4, -0.2) is 65.0 Å². The highest BCUT2D eigenvalue weighted by Gasteiger charge is 2.24. The van der Waals surface area contributed by atoms with Crippen molar-refractivity contribution in [1.29, 1.82) is 0 Å². The summed E-state index contributed by atoms with van der Waals surface area (Å²) in [6, 6.07) is 32.7. The lowest BCUT2D eigenvalue weighted by molar-refractivity contribution is 0.0357. The van der Waals surface area contributed by atoms with Gasteiger partial charge in [0.15, 0.2) is 0 Å². The van der Waals surface area contributed by atoms with Gasteiger partial charge in [0.1, 0.15) is 11.4 Å². The topological polar surface area (TPSA) is 127 Å². The van der Waals surface area contributed by atoms with Crippen molar-refractivity contribution in [2.45, 2.75) is 57.7 Å². The van der Waals surface area contributed by atoms with Crippen LogP contribution in [0.3, 0.4) is 0 Å². The van der Waals surface area contributed by atoms with E-state index in [4.69, 9.17) is 4.74 Å². The number of aryl methyl sites for hydroxylation is 1. The van der Waals surface area contributed by atoms with Crippen LogP contribution in [0.2, 0.25) is 0 Å². The van der Waals surface area contributed by atoms with Crippen molar-refractivity contribution in [2.75, 3.05) is 38.5 Å². The number of hydrogen-bond acceptors (Lipinski definition) is 7.